The van der Waals surface area contributed by atoms with E-state index in [-0.39, 0.29) is 16.2 Å². The molecule has 5 aromatic rings. The van der Waals surface area contributed by atoms with E-state index in [1.807, 2.05) is 48.5 Å². The van der Waals surface area contributed by atoms with Crippen LogP contribution in [0.25, 0.3) is 32.3 Å². The maximum atomic E-state index is 13.1. The molecule has 0 saturated carbocycles. The summed E-state index contributed by atoms with van der Waals surface area (Å²) in [6.45, 7) is 0. The second-order valence-electron chi connectivity index (χ2n) is 7.40. The van der Waals surface area contributed by atoms with Crippen molar-refractivity contribution in [2.45, 2.75) is 4.90 Å². The van der Waals surface area contributed by atoms with E-state index in [1.54, 1.807) is 12.1 Å². The van der Waals surface area contributed by atoms with Crippen molar-refractivity contribution in [1.82, 2.24) is 0 Å². The molecule has 0 radical (unpaired) electrons. The molecule has 0 aromatic heterocycles. The normalized spacial score (nSPS) is 11.7. The van der Waals surface area contributed by atoms with Crippen LogP contribution in [0.5, 0.6) is 5.75 Å². The van der Waals surface area contributed by atoms with Gasteiger partial charge in [0.25, 0.3) is 0 Å². The zero-order valence-electron chi connectivity index (χ0n) is 17.1. The Hall–Kier alpha value is -3.90. The SMILES string of the molecule is COC(=O)c1cccc(S(=O)(=O)Oc2cccc3ccc4cc5ccccc5cc4c23)c1. The lowest BCUT2D eigenvalue weighted by Gasteiger charge is -2.13. The minimum absolute atomic E-state index is 0.122. The molecule has 0 aliphatic rings. The summed E-state index contributed by atoms with van der Waals surface area (Å²) in [5.41, 5.74) is 0.131. The van der Waals surface area contributed by atoms with Crippen molar-refractivity contribution in [1.29, 1.82) is 0 Å². The number of ether oxygens (including phenoxy) is 1. The highest BCUT2D eigenvalue weighted by Crippen LogP contribution is 2.36. The molecule has 32 heavy (non-hydrogen) atoms. The molecule has 6 heteroatoms. The second-order valence-corrected chi connectivity index (χ2v) is 8.94. The van der Waals surface area contributed by atoms with Gasteiger partial charge in [-0.1, -0.05) is 54.6 Å². The molecule has 5 rings (SSSR count). The van der Waals surface area contributed by atoms with Gasteiger partial charge in [0.1, 0.15) is 4.90 Å². The van der Waals surface area contributed by atoms with Crippen molar-refractivity contribution >= 4 is 48.4 Å². The topological polar surface area (TPSA) is 69.7 Å². The molecule has 0 N–H and O–H groups in total. The Balaban J connectivity index is 1.68. The third-order valence-corrected chi connectivity index (χ3v) is 6.66. The van der Waals surface area contributed by atoms with Crippen LogP contribution in [0.15, 0.2) is 95.9 Å². The maximum Gasteiger partial charge on any atom is 0.339 e. The first-order valence-electron chi connectivity index (χ1n) is 9.93. The number of carbonyl (C=O) groups is 1. The fourth-order valence-electron chi connectivity index (χ4n) is 3.90. The first kappa shape index (κ1) is 20.0. The van der Waals surface area contributed by atoms with E-state index in [0.717, 1.165) is 26.9 Å². The average Bonchev–Trinajstić information content (AvgIpc) is 2.82. The molecule has 0 saturated heterocycles. The number of rotatable bonds is 4. The number of hydrogen-bond donors (Lipinski definition) is 0. The molecule has 158 valence electrons. The first-order valence-corrected chi connectivity index (χ1v) is 11.3. The van der Waals surface area contributed by atoms with Gasteiger partial charge in [0.2, 0.25) is 0 Å². The summed E-state index contributed by atoms with van der Waals surface area (Å²) in [5.74, 6) is -0.392. The van der Waals surface area contributed by atoms with Crippen molar-refractivity contribution < 1.29 is 22.1 Å². The van der Waals surface area contributed by atoms with Crippen LogP contribution in [0.4, 0.5) is 0 Å². The van der Waals surface area contributed by atoms with Gasteiger partial charge in [-0.15, -0.1) is 0 Å². The van der Waals surface area contributed by atoms with Gasteiger partial charge in [0.05, 0.1) is 12.7 Å². The van der Waals surface area contributed by atoms with Gasteiger partial charge in [0.15, 0.2) is 5.75 Å². The van der Waals surface area contributed by atoms with E-state index in [2.05, 4.69) is 10.8 Å². The van der Waals surface area contributed by atoms with Crippen molar-refractivity contribution in [2.24, 2.45) is 0 Å². The highest BCUT2D eigenvalue weighted by Gasteiger charge is 2.21. The largest absolute Gasteiger partial charge is 0.465 e. The molecule has 0 fully saturated rings. The molecule has 0 unspecified atom stereocenters. The molecule has 0 spiro atoms. The van der Waals surface area contributed by atoms with Crippen LogP contribution in [0.3, 0.4) is 0 Å². The third-order valence-electron chi connectivity index (χ3n) is 5.43. The standard InChI is InChI=1S/C26H18O5S/c1-30-26(27)21-9-4-10-22(15-21)32(28,29)31-24-11-5-8-17-12-13-20-14-18-6-2-3-7-19(18)16-23(20)25(17)24/h2-16H,1H3. The predicted octanol–water partition coefficient (Wildman–Crippen LogP) is 5.70. The predicted molar refractivity (Wildman–Crippen MR) is 125 cm³/mol. The number of fused-ring (bicyclic) bond motifs is 4. The van der Waals surface area contributed by atoms with Crippen LogP contribution in [0, 0.1) is 0 Å². The van der Waals surface area contributed by atoms with Crippen molar-refractivity contribution in [3.8, 4) is 5.75 Å². The quantitative estimate of drug-likeness (QED) is 0.155. The lowest BCUT2D eigenvalue weighted by Crippen LogP contribution is -2.11. The lowest BCUT2D eigenvalue weighted by atomic mass is 9.98. The highest BCUT2D eigenvalue weighted by atomic mass is 32.2. The summed E-state index contributed by atoms with van der Waals surface area (Å²) in [6, 6.07) is 27.0. The van der Waals surface area contributed by atoms with E-state index in [0.29, 0.717) is 5.39 Å². The van der Waals surface area contributed by atoms with Gasteiger partial charge in [-0.25, -0.2) is 4.79 Å². The number of carbonyl (C=O) groups excluding carboxylic acids is 1. The van der Waals surface area contributed by atoms with Crippen LogP contribution in [-0.4, -0.2) is 21.5 Å². The summed E-state index contributed by atoms with van der Waals surface area (Å²) in [5, 5.41) is 5.61. The van der Waals surface area contributed by atoms with Crippen LogP contribution >= 0.6 is 0 Å². The monoisotopic (exact) mass is 442 g/mol. The van der Waals surface area contributed by atoms with Crippen molar-refractivity contribution in [2.75, 3.05) is 7.11 Å². The molecule has 0 bridgehead atoms. The van der Waals surface area contributed by atoms with Gasteiger partial charge in [-0.2, -0.15) is 8.42 Å². The molecule has 0 aliphatic carbocycles. The Labute approximate surface area is 184 Å². The molecule has 0 amide bonds. The Morgan fingerprint density at radius 2 is 1.41 bits per heavy atom. The summed E-state index contributed by atoms with van der Waals surface area (Å²) in [7, 11) is -2.95. The Morgan fingerprint density at radius 3 is 2.19 bits per heavy atom. The van der Waals surface area contributed by atoms with Crippen LogP contribution < -0.4 is 4.18 Å². The van der Waals surface area contributed by atoms with E-state index in [9.17, 15) is 13.2 Å². The van der Waals surface area contributed by atoms with Gasteiger partial charge < -0.3 is 8.92 Å². The minimum Gasteiger partial charge on any atom is -0.465 e. The average molecular weight is 442 g/mol. The fourth-order valence-corrected chi connectivity index (χ4v) is 4.89. The zero-order chi connectivity index (χ0) is 22.3. The van der Waals surface area contributed by atoms with E-state index in [4.69, 9.17) is 4.18 Å². The molecule has 5 aromatic carbocycles. The van der Waals surface area contributed by atoms with Gasteiger partial charge >= 0.3 is 16.1 Å². The Kier molecular flexibility index (Phi) is 4.79. The molecule has 0 heterocycles. The van der Waals surface area contributed by atoms with Crippen LogP contribution in [0.2, 0.25) is 0 Å². The van der Waals surface area contributed by atoms with Gasteiger partial charge in [0, 0.05) is 5.39 Å². The van der Waals surface area contributed by atoms with Crippen LogP contribution in [0.1, 0.15) is 10.4 Å². The van der Waals surface area contributed by atoms with Crippen LogP contribution in [-0.2, 0) is 14.9 Å². The Morgan fingerprint density at radius 1 is 0.719 bits per heavy atom. The molecular weight excluding hydrogens is 424 g/mol. The summed E-state index contributed by atoms with van der Waals surface area (Å²) < 4.78 is 36.5. The van der Waals surface area contributed by atoms with Crippen molar-refractivity contribution in [3.63, 3.8) is 0 Å². The minimum atomic E-state index is -4.19. The first-order chi connectivity index (χ1) is 15.5. The van der Waals surface area contributed by atoms with E-state index < -0.39 is 16.1 Å². The lowest BCUT2D eigenvalue weighted by molar-refractivity contribution is 0.0600. The maximum absolute atomic E-state index is 13.1. The van der Waals surface area contributed by atoms with E-state index >= 15 is 0 Å². The zero-order valence-corrected chi connectivity index (χ0v) is 17.9. The highest BCUT2D eigenvalue weighted by molar-refractivity contribution is 7.87. The van der Waals surface area contributed by atoms with Gasteiger partial charge in [-0.3, -0.25) is 0 Å². The number of methoxy groups -OCH3 is 1. The van der Waals surface area contributed by atoms with Gasteiger partial charge in [-0.05, 0) is 63.3 Å². The number of benzene rings is 5. The number of esters is 1. The fraction of sp³-hybridized carbons (Fsp3) is 0.0385. The second kappa shape index (κ2) is 7.66. The summed E-state index contributed by atoms with van der Waals surface area (Å²) in [6.07, 6.45) is 0. The Bertz CT molecular complexity index is 1620. The molecule has 5 nitrogen and oxygen atoms in total. The smallest absolute Gasteiger partial charge is 0.339 e. The molecule has 0 atom stereocenters. The van der Waals surface area contributed by atoms with Crippen molar-refractivity contribution in [3.05, 3.63) is 96.6 Å². The van der Waals surface area contributed by atoms with E-state index in [1.165, 1.54) is 31.4 Å². The summed E-state index contributed by atoms with van der Waals surface area (Å²) in [4.78, 5) is 11.7. The third kappa shape index (κ3) is 3.44. The molecular formula is C26H18O5S. The number of hydrogen-bond acceptors (Lipinski definition) is 5. The summed E-state index contributed by atoms with van der Waals surface area (Å²) >= 11 is 0. The molecule has 0 aliphatic heterocycles.